The van der Waals surface area contributed by atoms with E-state index in [1.807, 2.05) is 0 Å². The number of hydrogen-bond donors (Lipinski definition) is 0. The Morgan fingerprint density at radius 2 is 0.532 bits per heavy atom. The monoisotopic (exact) mass is 1070 g/mol. The van der Waals surface area contributed by atoms with Crippen molar-refractivity contribution in [2.75, 3.05) is 13.2 Å². The summed E-state index contributed by atoms with van der Waals surface area (Å²) in [5.74, 6) is -0.891. The molecule has 0 rings (SSSR count). The van der Waals surface area contributed by atoms with Crippen LogP contribution in [0.1, 0.15) is 316 Å². The van der Waals surface area contributed by atoms with E-state index >= 15 is 0 Å². The van der Waals surface area contributed by atoms with Gasteiger partial charge in [-0.15, -0.1) is 0 Å². The summed E-state index contributed by atoms with van der Waals surface area (Å²) in [4.78, 5) is 38.2. The van der Waals surface area contributed by atoms with E-state index in [2.05, 4.69) is 118 Å². The van der Waals surface area contributed by atoms with Gasteiger partial charge in [-0.1, -0.05) is 279 Å². The molecule has 0 aliphatic rings. The quantitative estimate of drug-likeness (QED) is 0.0261. The van der Waals surface area contributed by atoms with Crippen molar-refractivity contribution >= 4 is 17.9 Å². The molecule has 0 aromatic carbocycles. The molecular weight excluding hydrogens is 949 g/mol. The van der Waals surface area contributed by atoms with Crippen LogP contribution in [-0.4, -0.2) is 37.2 Å². The number of hydrogen-bond acceptors (Lipinski definition) is 6. The van der Waals surface area contributed by atoms with Crippen LogP contribution in [0.3, 0.4) is 0 Å². The van der Waals surface area contributed by atoms with Crippen LogP contribution >= 0.6 is 0 Å². The van der Waals surface area contributed by atoms with E-state index < -0.39 is 6.10 Å². The highest BCUT2D eigenvalue weighted by Gasteiger charge is 2.19. The first-order chi connectivity index (χ1) is 38.0. The molecule has 0 N–H and O–H groups in total. The van der Waals surface area contributed by atoms with Gasteiger partial charge in [-0.2, -0.15) is 0 Å². The molecule has 0 aliphatic carbocycles. The normalized spacial score (nSPS) is 12.7. The summed E-state index contributed by atoms with van der Waals surface area (Å²) >= 11 is 0. The van der Waals surface area contributed by atoms with Gasteiger partial charge in [0.15, 0.2) is 6.10 Å². The molecule has 0 heterocycles. The molecule has 442 valence electrons. The van der Waals surface area contributed by atoms with Gasteiger partial charge in [0.05, 0.1) is 0 Å². The topological polar surface area (TPSA) is 78.9 Å². The van der Waals surface area contributed by atoms with Crippen molar-refractivity contribution in [1.29, 1.82) is 0 Å². The summed E-state index contributed by atoms with van der Waals surface area (Å²) in [6, 6.07) is 0. The van der Waals surface area contributed by atoms with Crippen LogP contribution in [-0.2, 0) is 28.6 Å². The molecule has 77 heavy (non-hydrogen) atoms. The number of allylic oxidation sites excluding steroid dienone is 16. The van der Waals surface area contributed by atoms with Gasteiger partial charge in [0.25, 0.3) is 0 Å². The number of carbonyl (C=O) groups is 3. The van der Waals surface area contributed by atoms with Crippen LogP contribution in [0.25, 0.3) is 0 Å². The molecule has 0 radical (unpaired) electrons. The summed E-state index contributed by atoms with van der Waals surface area (Å²) in [6.45, 7) is 6.46. The third-order valence-corrected chi connectivity index (χ3v) is 14.0. The SMILES string of the molecule is CC/C=C\C/C=C\C/C=C\C/C=C\C/C=C\CCCCCCCCCCCCCCCCCC(=O)OCC(COC(=O)CCCCCCC/C=C\CCC)OC(=O)CCCCCCCCC/C=C\C/C=C\CCCCCC. The first-order valence-corrected chi connectivity index (χ1v) is 32.7. The van der Waals surface area contributed by atoms with Gasteiger partial charge in [-0.3, -0.25) is 14.4 Å². The van der Waals surface area contributed by atoms with E-state index in [0.29, 0.717) is 19.3 Å². The minimum Gasteiger partial charge on any atom is -0.462 e. The van der Waals surface area contributed by atoms with E-state index in [0.717, 1.165) is 116 Å². The van der Waals surface area contributed by atoms with Crippen LogP contribution in [0, 0.1) is 0 Å². The largest absolute Gasteiger partial charge is 0.462 e. The molecule has 6 nitrogen and oxygen atoms in total. The van der Waals surface area contributed by atoms with E-state index in [4.69, 9.17) is 14.2 Å². The standard InChI is InChI=1S/C71H122O6/c1-4-7-10-13-16-19-22-24-26-28-30-31-32-33-34-35-36-37-38-39-40-41-42-44-45-47-49-52-55-58-61-64-70(73)76-67-68(66-75-69(72)63-60-57-54-51-21-18-15-12-9-6-3)77-71(74)65-62-59-56-53-50-48-46-43-29-27-25-23-20-17-14-11-8-5-2/h7,10,12,15-16,19-20,23-24,26-27,29-31,33-34,68H,4-6,8-9,11,13-14,17-18,21-22,25,28,32,35-67H2,1-3H3/b10-7-,15-12-,19-16-,23-20-,26-24-,29-27-,31-30-,34-33-. The zero-order valence-corrected chi connectivity index (χ0v) is 50.7. The highest BCUT2D eigenvalue weighted by molar-refractivity contribution is 5.71. The van der Waals surface area contributed by atoms with E-state index in [-0.39, 0.29) is 31.1 Å². The van der Waals surface area contributed by atoms with Crippen LogP contribution in [0.15, 0.2) is 97.2 Å². The average molecular weight is 1070 g/mol. The van der Waals surface area contributed by atoms with Crippen molar-refractivity contribution < 1.29 is 28.6 Å². The van der Waals surface area contributed by atoms with Crippen molar-refractivity contribution in [2.24, 2.45) is 0 Å². The molecule has 0 saturated heterocycles. The molecule has 6 heteroatoms. The summed E-state index contributed by atoms with van der Waals surface area (Å²) < 4.78 is 16.9. The maximum absolute atomic E-state index is 12.9. The molecule has 0 aliphatic heterocycles. The Kier molecular flexibility index (Phi) is 61.8. The van der Waals surface area contributed by atoms with Gasteiger partial charge in [0, 0.05) is 19.3 Å². The molecular formula is C71H122O6. The maximum Gasteiger partial charge on any atom is 0.306 e. The second-order valence-corrected chi connectivity index (χ2v) is 21.6. The molecule has 0 fully saturated rings. The highest BCUT2D eigenvalue weighted by Crippen LogP contribution is 2.16. The summed E-state index contributed by atoms with van der Waals surface area (Å²) in [5, 5.41) is 0. The Morgan fingerprint density at radius 3 is 0.857 bits per heavy atom. The van der Waals surface area contributed by atoms with Gasteiger partial charge in [0.1, 0.15) is 13.2 Å². The molecule has 0 saturated carbocycles. The Morgan fingerprint density at radius 1 is 0.273 bits per heavy atom. The molecule has 1 unspecified atom stereocenters. The van der Waals surface area contributed by atoms with Crippen LogP contribution < -0.4 is 0 Å². The van der Waals surface area contributed by atoms with Crippen molar-refractivity contribution in [3.8, 4) is 0 Å². The fourth-order valence-corrected chi connectivity index (χ4v) is 9.15. The fraction of sp³-hybridized carbons (Fsp3) is 0.732. The lowest BCUT2D eigenvalue weighted by Gasteiger charge is -2.18. The predicted octanol–water partition coefficient (Wildman–Crippen LogP) is 22.4. The summed E-state index contributed by atoms with van der Waals surface area (Å²) in [7, 11) is 0. The first-order valence-electron chi connectivity index (χ1n) is 32.7. The predicted molar refractivity (Wildman–Crippen MR) is 334 cm³/mol. The number of ether oxygens (including phenoxy) is 3. The van der Waals surface area contributed by atoms with Crippen molar-refractivity contribution in [3.63, 3.8) is 0 Å². The Labute approximate surface area is 477 Å². The van der Waals surface area contributed by atoms with Crippen molar-refractivity contribution in [3.05, 3.63) is 97.2 Å². The lowest BCUT2D eigenvalue weighted by molar-refractivity contribution is -0.167. The molecule has 0 spiro atoms. The molecule has 0 aromatic rings. The number of esters is 3. The van der Waals surface area contributed by atoms with Gasteiger partial charge < -0.3 is 14.2 Å². The smallest absolute Gasteiger partial charge is 0.306 e. The second kappa shape index (κ2) is 64.9. The van der Waals surface area contributed by atoms with Crippen LogP contribution in [0.5, 0.6) is 0 Å². The highest BCUT2D eigenvalue weighted by atomic mass is 16.6. The second-order valence-electron chi connectivity index (χ2n) is 21.6. The lowest BCUT2D eigenvalue weighted by Crippen LogP contribution is -2.30. The third-order valence-electron chi connectivity index (χ3n) is 14.0. The number of rotatable bonds is 59. The minimum absolute atomic E-state index is 0.0814. The molecule has 0 aromatic heterocycles. The minimum atomic E-state index is -0.784. The van der Waals surface area contributed by atoms with Crippen LogP contribution in [0.4, 0.5) is 0 Å². The fourth-order valence-electron chi connectivity index (χ4n) is 9.15. The zero-order valence-electron chi connectivity index (χ0n) is 50.7. The van der Waals surface area contributed by atoms with E-state index in [9.17, 15) is 14.4 Å². The van der Waals surface area contributed by atoms with E-state index in [1.54, 1.807) is 0 Å². The van der Waals surface area contributed by atoms with E-state index in [1.165, 1.54) is 161 Å². The Bertz CT molecular complexity index is 1510. The summed E-state index contributed by atoms with van der Waals surface area (Å²) in [6.07, 6.45) is 87.2. The van der Waals surface area contributed by atoms with Gasteiger partial charge in [0.2, 0.25) is 0 Å². The first kappa shape index (κ1) is 73.3. The van der Waals surface area contributed by atoms with Gasteiger partial charge in [-0.05, 0) is 116 Å². The lowest BCUT2D eigenvalue weighted by atomic mass is 10.0. The zero-order chi connectivity index (χ0) is 55.7. The van der Waals surface area contributed by atoms with Crippen LogP contribution in [0.2, 0.25) is 0 Å². The van der Waals surface area contributed by atoms with Crippen molar-refractivity contribution in [2.45, 2.75) is 322 Å². The van der Waals surface area contributed by atoms with Gasteiger partial charge >= 0.3 is 17.9 Å². The average Bonchev–Trinajstić information content (AvgIpc) is 3.43. The number of unbranched alkanes of at least 4 members (excludes halogenated alkanes) is 32. The van der Waals surface area contributed by atoms with Crippen molar-refractivity contribution in [1.82, 2.24) is 0 Å². The Hall–Kier alpha value is -3.67. The van der Waals surface area contributed by atoms with Gasteiger partial charge in [-0.25, -0.2) is 0 Å². The molecule has 0 bridgehead atoms. The Balaban J connectivity index is 4.17. The summed E-state index contributed by atoms with van der Waals surface area (Å²) in [5.41, 5.74) is 0. The maximum atomic E-state index is 12.9. The molecule has 1 atom stereocenters. The third kappa shape index (κ3) is 63.0. The molecule has 0 amide bonds. The number of carbonyl (C=O) groups excluding carboxylic acids is 3.